The Morgan fingerprint density at radius 3 is 1.60 bits per heavy atom. The van der Waals surface area contributed by atoms with Crippen molar-refractivity contribution < 1.29 is 43.9 Å². The molecule has 0 radical (unpaired) electrons. The number of ether oxygens (including phenoxy) is 3. The van der Waals surface area contributed by atoms with E-state index >= 15 is 0 Å². The molecule has 15 heavy (non-hydrogen) atoms. The lowest BCUT2D eigenvalue weighted by Gasteiger charge is -2.14. The number of rotatable bonds is 4. The number of carboxylic acid groups (broad SMARTS) is 3. The molecule has 0 fully saturated rings. The zero-order valence-corrected chi connectivity index (χ0v) is 7.08. The first kappa shape index (κ1) is 12.6. The Kier molecular flexibility index (Phi) is 4.45. The summed E-state index contributed by atoms with van der Waals surface area (Å²) in [5.41, 5.74) is 0. The molecule has 0 saturated carbocycles. The third kappa shape index (κ3) is 5.74. The van der Waals surface area contributed by atoms with Crippen molar-refractivity contribution in [2.24, 2.45) is 0 Å². The summed E-state index contributed by atoms with van der Waals surface area (Å²) in [5, 5.41) is 24.4. The van der Waals surface area contributed by atoms with Gasteiger partial charge in [-0.05, 0) is 0 Å². The summed E-state index contributed by atoms with van der Waals surface area (Å²) < 4.78 is 11.6. The fourth-order valence-electron chi connectivity index (χ4n) is 0.499. The quantitative estimate of drug-likeness (QED) is 0.359. The molecule has 0 aromatic heterocycles. The van der Waals surface area contributed by atoms with Gasteiger partial charge in [-0.2, -0.15) is 0 Å². The average molecular weight is 222 g/mol. The minimum absolute atomic E-state index is 0.827. The molecule has 0 aliphatic carbocycles. The van der Waals surface area contributed by atoms with Crippen molar-refractivity contribution >= 4 is 18.5 Å². The van der Waals surface area contributed by atoms with Crippen LogP contribution in [-0.4, -0.2) is 40.1 Å². The molecular formula is C6H6O9. The smallest absolute Gasteiger partial charge is 0.450 e. The van der Waals surface area contributed by atoms with E-state index in [0.717, 1.165) is 0 Å². The van der Waals surface area contributed by atoms with E-state index in [1.54, 1.807) is 0 Å². The zero-order chi connectivity index (χ0) is 12.0. The summed E-state index contributed by atoms with van der Waals surface area (Å²) in [5.74, 6) is -0.827. The summed E-state index contributed by atoms with van der Waals surface area (Å²) in [6, 6.07) is 0. The van der Waals surface area contributed by atoms with E-state index in [9.17, 15) is 14.4 Å². The van der Waals surface area contributed by atoms with Crippen LogP contribution in [0.2, 0.25) is 0 Å². The fourth-order valence-corrected chi connectivity index (χ4v) is 0.499. The third-order valence-electron chi connectivity index (χ3n) is 0.897. The minimum Gasteiger partial charge on any atom is -0.450 e. The molecule has 0 aliphatic heterocycles. The molecule has 0 amide bonds. The summed E-state index contributed by atoms with van der Waals surface area (Å²) in [6.07, 6.45) is -7.63. The number of carbonyl (C=O) groups is 3. The number of hydrogen-bond acceptors (Lipinski definition) is 6. The van der Waals surface area contributed by atoms with Crippen LogP contribution in [0.4, 0.5) is 14.4 Å². The van der Waals surface area contributed by atoms with Gasteiger partial charge in [0.1, 0.15) is 0 Å². The second-order valence-corrected chi connectivity index (χ2v) is 1.93. The number of hydrogen-bond donors (Lipinski definition) is 3. The summed E-state index contributed by atoms with van der Waals surface area (Å²) >= 11 is 0. The molecule has 0 atom stereocenters. The molecule has 0 aromatic carbocycles. The van der Waals surface area contributed by atoms with Gasteiger partial charge in [0.2, 0.25) is 0 Å². The van der Waals surface area contributed by atoms with Crippen LogP contribution in [0.3, 0.4) is 0 Å². The fraction of sp³-hybridized carbons (Fsp3) is 0.167. The summed E-state index contributed by atoms with van der Waals surface area (Å²) in [7, 11) is 0. The molecule has 84 valence electrons. The van der Waals surface area contributed by atoms with Crippen LogP contribution in [0.1, 0.15) is 0 Å². The highest BCUT2D eigenvalue weighted by Gasteiger charge is 2.25. The van der Waals surface area contributed by atoms with Crippen molar-refractivity contribution in [3.8, 4) is 0 Å². The summed E-state index contributed by atoms with van der Waals surface area (Å²) in [4.78, 5) is 30.1. The van der Waals surface area contributed by atoms with E-state index in [-0.39, 0.29) is 0 Å². The van der Waals surface area contributed by atoms with E-state index in [4.69, 9.17) is 15.3 Å². The highest BCUT2D eigenvalue weighted by molar-refractivity contribution is 5.61. The topological polar surface area (TPSA) is 140 Å². The maximum absolute atomic E-state index is 10.0. The van der Waals surface area contributed by atoms with E-state index < -0.39 is 30.5 Å². The molecule has 0 heterocycles. The normalized spacial score (nSPS) is 9.13. The van der Waals surface area contributed by atoms with E-state index in [2.05, 4.69) is 20.8 Å². The molecule has 0 rings (SSSR count). The van der Waals surface area contributed by atoms with Crippen LogP contribution in [0, 0.1) is 0 Å². The Labute approximate surface area is 82.1 Å². The lowest BCUT2D eigenvalue weighted by atomic mass is 10.5. The van der Waals surface area contributed by atoms with Gasteiger partial charge >= 0.3 is 24.8 Å². The predicted molar refractivity (Wildman–Crippen MR) is 40.3 cm³/mol. The Morgan fingerprint density at radius 2 is 1.33 bits per heavy atom. The van der Waals surface area contributed by atoms with Crippen LogP contribution in [0.25, 0.3) is 0 Å². The lowest BCUT2D eigenvalue weighted by Crippen LogP contribution is -2.26. The van der Waals surface area contributed by atoms with Gasteiger partial charge in [0, 0.05) is 0 Å². The van der Waals surface area contributed by atoms with Crippen LogP contribution in [-0.2, 0) is 14.2 Å². The lowest BCUT2D eigenvalue weighted by molar-refractivity contribution is -0.0900. The van der Waals surface area contributed by atoms with Crippen LogP contribution in [0.5, 0.6) is 0 Å². The van der Waals surface area contributed by atoms with Crippen molar-refractivity contribution in [3.63, 3.8) is 0 Å². The molecule has 9 nitrogen and oxygen atoms in total. The first-order valence-electron chi connectivity index (χ1n) is 3.21. The zero-order valence-electron chi connectivity index (χ0n) is 7.08. The molecular weight excluding hydrogens is 216 g/mol. The Hall–Kier alpha value is -2.45. The van der Waals surface area contributed by atoms with E-state index in [1.165, 1.54) is 0 Å². The van der Waals surface area contributed by atoms with Crippen molar-refractivity contribution in [1.29, 1.82) is 0 Å². The second kappa shape index (κ2) is 5.32. The highest BCUT2D eigenvalue weighted by atomic mass is 16.8. The Morgan fingerprint density at radius 1 is 0.933 bits per heavy atom. The standard InChI is InChI=1S/C6H6O9/c1-2(13-4(7)8)3(14-5(9)10)15-6(11)12/h3H,1H2,(H,7,8)(H,9,10)(H,11,12). The van der Waals surface area contributed by atoms with Gasteiger partial charge in [-0.15, -0.1) is 0 Å². The first-order chi connectivity index (χ1) is 6.82. The maximum atomic E-state index is 10.0. The summed E-state index contributed by atoms with van der Waals surface area (Å²) in [6.45, 7) is 2.92. The largest absolute Gasteiger partial charge is 0.511 e. The van der Waals surface area contributed by atoms with Gasteiger partial charge in [0.05, 0.1) is 0 Å². The SMILES string of the molecule is C=C(OC(=O)O)C(OC(=O)O)OC(=O)O. The van der Waals surface area contributed by atoms with Crippen molar-refractivity contribution in [1.82, 2.24) is 0 Å². The van der Waals surface area contributed by atoms with Crippen molar-refractivity contribution in [2.75, 3.05) is 0 Å². The third-order valence-corrected chi connectivity index (χ3v) is 0.897. The second-order valence-electron chi connectivity index (χ2n) is 1.93. The van der Waals surface area contributed by atoms with Gasteiger partial charge in [0.15, 0.2) is 5.76 Å². The molecule has 0 saturated heterocycles. The predicted octanol–water partition coefficient (Wildman–Crippen LogP) is 0.910. The van der Waals surface area contributed by atoms with E-state index in [1.807, 2.05) is 0 Å². The van der Waals surface area contributed by atoms with Gasteiger partial charge in [-0.25, -0.2) is 14.4 Å². The minimum atomic E-state index is -2.06. The van der Waals surface area contributed by atoms with E-state index in [0.29, 0.717) is 0 Å². The molecule has 0 spiro atoms. The first-order valence-corrected chi connectivity index (χ1v) is 3.21. The van der Waals surface area contributed by atoms with Crippen molar-refractivity contribution in [2.45, 2.75) is 6.29 Å². The van der Waals surface area contributed by atoms with Crippen molar-refractivity contribution in [3.05, 3.63) is 12.3 Å². The molecule has 3 N–H and O–H groups in total. The van der Waals surface area contributed by atoms with Crippen LogP contribution < -0.4 is 0 Å². The molecule has 0 unspecified atom stereocenters. The average Bonchev–Trinajstić information content (AvgIpc) is 1.99. The van der Waals surface area contributed by atoms with Crippen LogP contribution >= 0.6 is 0 Å². The van der Waals surface area contributed by atoms with Gasteiger partial charge < -0.3 is 29.5 Å². The Balaban J connectivity index is 4.46. The van der Waals surface area contributed by atoms with Gasteiger partial charge in [-0.1, -0.05) is 6.58 Å². The van der Waals surface area contributed by atoms with Gasteiger partial charge in [0.25, 0.3) is 0 Å². The van der Waals surface area contributed by atoms with Crippen LogP contribution in [0.15, 0.2) is 12.3 Å². The Bertz CT molecular complexity index is 277. The molecule has 0 bridgehead atoms. The van der Waals surface area contributed by atoms with Gasteiger partial charge in [-0.3, -0.25) is 0 Å². The molecule has 9 heteroatoms. The monoisotopic (exact) mass is 222 g/mol. The molecule has 0 aliphatic rings. The highest BCUT2D eigenvalue weighted by Crippen LogP contribution is 2.09. The molecule has 0 aromatic rings. The maximum Gasteiger partial charge on any atom is 0.511 e.